The number of hydrogen-bond acceptors (Lipinski definition) is 4. The highest BCUT2D eigenvalue weighted by atomic mass is 35.5. The number of fused-ring (bicyclic) bond motifs is 2. The highest BCUT2D eigenvalue weighted by Gasteiger charge is 2.31. The van der Waals surface area contributed by atoms with Crippen LogP contribution in [-0.2, 0) is 0 Å². The van der Waals surface area contributed by atoms with E-state index < -0.39 is 0 Å². The number of nitrogens with zero attached hydrogens (tertiary/aromatic N) is 4. The fraction of sp³-hybridized carbons (Fsp3) is 0.571. The summed E-state index contributed by atoms with van der Waals surface area (Å²) in [6, 6.07) is 4.97. The second-order valence-electron chi connectivity index (χ2n) is 5.78. The van der Waals surface area contributed by atoms with Gasteiger partial charge in [-0.05, 0) is 44.4 Å². The maximum atomic E-state index is 5.97. The predicted octanol–water partition coefficient (Wildman–Crippen LogP) is 2.42. The van der Waals surface area contributed by atoms with E-state index in [2.05, 4.69) is 20.3 Å². The topological polar surface area (TPSA) is 45.5 Å². The Morgan fingerprint density at radius 2 is 2.20 bits per heavy atom. The van der Waals surface area contributed by atoms with Crippen LogP contribution in [0.15, 0.2) is 18.3 Å². The Bertz CT molecular complexity index is 625. The van der Waals surface area contributed by atoms with Crippen molar-refractivity contribution in [1.29, 1.82) is 0 Å². The molecule has 0 bridgehead atoms. The number of aromatic nitrogens is 3. The second-order valence-corrected chi connectivity index (χ2v) is 6.22. The van der Waals surface area contributed by atoms with Gasteiger partial charge in [0.25, 0.3) is 0 Å². The molecule has 2 atom stereocenters. The van der Waals surface area contributed by atoms with Crippen molar-refractivity contribution in [3.8, 4) is 0 Å². The molecular formula is C14H18ClN5. The van der Waals surface area contributed by atoms with Crippen molar-refractivity contribution < 1.29 is 0 Å². The molecule has 2 saturated heterocycles. The molecule has 2 unspecified atom stereocenters. The molecule has 0 amide bonds. The lowest BCUT2D eigenvalue weighted by Crippen LogP contribution is -2.42. The first-order chi connectivity index (χ1) is 9.78. The molecule has 2 aromatic rings. The molecule has 2 aliphatic rings. The van der Waals surface area contributed by atoms with E-state index >= 15 is 0 Å². The quantitative estimate of drug-likeness (QED) is 0.923. The lowest BCUT2D eigenvalue weighted by atomic mass is 9.98. The van der Waals surface area contributed by atoms with Crippen LogP contribution in [0.25, 0.3) is 5.65 Å². The molecule has 4 rings (SSSR count). The van der Waals surface area contributed by atoms with Gasteiger partial charge in [-0.2, -0.15) is 4.98 Å². The molecule has 6 heteroatoms. The Balaban J connectivity index is 1.49. The minimum atomic E-state index is 0.488. The van der Waals surface area contributed by atoms with E-state index in [0.717, 1.165) is 11.7 Å². The summed E-state index contributed by atoms with van der Waals surface area (Å²) in [5.41, 5.74) is 0.829. The van der Waals surface area contributed by atoms with Crippen LogP contribution in [0, 0.1) is 0 Å². The Hall–Kier alpha value is -1.33. The van der Waals surface area contributed by atoms with Crippen LogP contribution in [0.2, 0.25) is 5.02 Å². The molecule has 5 nitrogen and oxygen atoms in total. The molecule has 0 aromatic carbocycles. The first-order valence-electron chi connectivity index (χ1n) is 7.30. The first-order valence-corrected chi connectivity index (χ1v) is 7.68. The molecule has 0 spiro atoms. The number of hydrogen-bond donors (Lipinski definition) is 1. The van der Waals surface area contributed by atoms with Crippen molar-refractivity contribution in [1.82, 2.24) is 19.5 Å². The van der Waals surface area contributed by atoms with Crippen LogP contribution in [0.3, 0.4) is 0 Å². The smallest absolute Gasteiger partial charge is 0.243 e. The van der Waals surface area contributed by atoms with Crippen molar-refractivity contribution in [2.45, 2.75) is 37.8 Å². The largest absolute Gasteiger partial charge is 0.350 e. The van der Waals surface area contributed by atoms with Gasteiger partial charge in [-0.1, -0.05) is 11.6 Å². The van der Waals surface area contributed by atoms with Crippen LogP contribution in [-0.4, -0.2) is 44.7 Å². The standard InChI is InChI=1S/C14H18ClN5/c15-10-3-4-13-17-14(18-20(13)9-10)16-11-5-7-19-6-1-2-12(19)8-11/h3-4,9,11-12H,1-2,5-8H2,(H,16,18). The molecule has 0 saturated carbocycles. The van der Waals surface area contributed by atoms with Crippen molar-refractivity contribution in [2.24, 2.45) is 0 Å². The molecule has 4 heterocycles. The third-order valence-corrected chi connectivity index (χ3v) is 4.67. The van der Waals surface area contributed by atoms with Crippen LogP contribution >= 0.6 is 11.6 Å². The molecular weight excluding hydrogens is 274 g/mol. The van der Waals surface area contributed by atoms with E-state index in [4.69, 9.17) is 11.6 Å². The fourth-order valence-electron chi connectivity index (χ4n) is 3.46. The van der Waals surface area contributed by atoms with Gasteiger partial charge in [0.15, 0.2) is 5.65 Å². The van der Waals surface area contributed by atoms with Gasteiger partial charge in [-0.25, -0.2) is 4.52 Å². The SMILES string of the molecule is Clc1ccc2nc(NC3CCN4CCCC4C3)nn2c1. The average Bonchev–Trinajstić information content (AvgIpc) is 3.03. The highest BCUT2D eigenvalue weighted by Crippen LogP contribution is 2.28. The third kappa shape index (κ3) is 2.25. The predicted molar refractivity (Wildman–Crippen MR) is 79.2 cm³/mol. The summed E-state index contributed by atoms with van der Waals surface area (Å²) < 4.78 is 1.73. The van der Waals surface area contributed by atoms with Crippen molar-refractivity contribution in [3.63, 3.8) is 0 Å². The zero-order chi connectivity index (χ0) is 13.5. The van der Waals surface area contributed by atoms with Gasteiger partial charge >= 0.3 is 0 Å². The molecule has 0 aliphatic carbocycles. The number of piperidine rings is 1. The zero-order valence-corrected chi connectivity index (χ0v) is 12.1. The molecule has 2 aromatic heterocycles. The fourth-order valence-corrected chi connectivity index (χ4v) is 3.61. The molecule has 2 fully saturated rings. The van der Waals surface area contributed by atoms with Gasteiger partial charge < -0.3 is 10.2 Å². The Kier molecular flexibility index (Phi) is 3.04. The first kappa shape index (κ1) is 12.4. The summed E-state index contributed by atoms with van der Waals surface area (Å²) in [7, 11) is 0. The number of anilines is 1. The van der Waals surface area contributed by atoms with E-state index in [1.807, 2.05) is 12.1 Å². The van der Waals surface area contributed by atoms with E-state index in [1.54, 1.807) is 10.7 Å². The van der Waals surface area contributed by atoms with Gasteiger partial charge in [-0.3, -0.25) is 0 Å². The minimum Gasteiger partial charge on any atom is -0.350 e. The Morgan fingerprint density at radius 1 is 1.25 bits per heavy atom. The molecule has 106 valence electrons. The molecule has 2 aliphatic heterocycles. The normalized spacial score (nSPS) is 26.9. The minimum absolute atomic E-state index is 0.488. The molecule has 1 N–H and O–H groups in total. The van der Waals surface area contributed by atoms with Crippen molar-refractivity contribution in [2.75, 3.05) is 18.4 Å². The van der Waals surface area contributed by atoms with E-state index in [-0.39, 0.29) is 0 Å². The maximum absolute atomic E-state index is 5.97. The van der Waals surface area contributed by atoms with Gasteiger partial charge in [0.1, 0.15) is 0 Å². The maximum Gasteiger partial charge on any atom is 0.243 e. The van der Waals surface area contributed by atoms with Gasteiger partial charge in [-0.15, -0.1) is 5.10 Å². The van der Waals surface area contributed by atoms with Gasteiger partial charge in [0, 0.05) is 24.8 Å². The summed E-state index contributed by atoms with van der Waals surface area (Å²) in [6.45, 7) is 2.48. The van der Waals surface area contributed by atoms with Gasteiger partial charge in [0.05, 0.1) is 5.02 Å². The van der Waals surface area contributed by atoms with Crippen LogP contribution in [0.4, 0.5) is 5.95 Å². The molecule has 0 radical (unpaired) electrons. The Labute approximate surface area is 122 Å². The van der Waals surface area contributed by atoms with Crippen molar-refractivity contribution in [3.05, 3.63) is 23.4 Å². The van der Waals surface area contributed by atoms with Crippen LogP contribution in [0.1, 0.15) is 25.7 Å². The lowest BCUT2D eigenvalue weighted by Gasteiger charge is -2.34. The van der Waals surface area contributed by atoms with E-state index in [0.29, 0.717) is 17.0 Å². The Morgan fingerprint density at radius 3 is 3.15 bits per heavy atom. The number of nitrogens with one attached hydrogen (secondary N) is 1. The summed E-state index contributed by atoms with van der Waals surface area (Å²) in [6.07, 6.45) is 6.85. The van der Waals surface area contributed by atoms with Crippen LogP contribution in [0.5, 0.6) is 0 Å². The average molecular weight is 292 g/mol. The zero-order valence-electron chi connectivity index (χ0n) is 11.3. The van der Waals surface area contributed by atoms with E-state index in [9.17, 15) is 0 Å². The number of rotatable bonds is 2. The summed E-state index contributed by atoms with van der Waals surface area (Å²) >= 11 is 5.97. The van der Waals surface area contributed by atoms with Gasteiger partial charge in [0.2, 0.25) is 5.95 Å². The van der Waals surface area contributed by atoms with E-state index in [1.165, 1.54) is 38.8 Å². The lowest BCUT2D eigenvalue weighted by molar-refractivity contribution is 0.188. The monoisotopic (exact) mass is 291 g/mol. The number of pyridine rings is 1. The summed E-state index contributed by atoms with van der Waals surface area (Å²) in [5.74, 6) is 0.712. The summed E-state index contributed by atoms with van der Waals surface area (Å²) in [4.78, 5) is 7.12. The second kappa shape index (κ2) is 4.90. The highest BCUT2D eigenvalue weighted by molar-refractivity contribution is 6.30. The molecule has 20 heavy (non-hydrogen) atoms. The third-order valence-electron chi connectivity index (χ3n) is 4.45. The number of halogens is 1. The van der Waals surface area contributed by atoms with Crippen LogP contribution < -0.4 is 5.32 Å². The summed E-state index contributed by atoms with van der Waals surface area (Å²) in [5, 5.41) is 8.61. The van der Waals surface area contributed by atoms with Crippen molar-refractivity contribution >= 4 is 23.2 Å².